The van der Waals surface area contributed by atoms with Gasteiger partial charge in [-0.15, -0.1) is 0 Å². The minimum Gasteiger partial charge on any atom is -0.436 e. The Bertz CT molecular complexity index is 1090. The van der Waals surface area contributed by atoms with Gasteiger partial charge in [-0.25, -0.2) is 17.8 Å². The number of aromatic nitrogens is 1. The highest BCUT2D eigenvalue weighted by Crippen LogP contribution is 2.29. The van der Waals surface area contributed by atoms with Gasteiger partial charge < -0.3 is 9.73 Å². The van der Waals surface area contributed by atoms with Crippen LogP contribution in [0, 0.1) is 5.82 Å². The van der Waals surface area contributed by atoms with E-state index in [2.05, 4.69) is 10.3 Å². The molecule has 1 amide bonds. The monoisotopic (exact) mass is 402 g/mol. The number of rotatable bonds is 7. The number of benzene rings is 2. The minimum atomic E-state index is -3.17. The van der Waals surface area contributed by atoms with Crippen LogP contribution in [0.5, 0.6) is 0 Å². The summed E-state index contributed by atoms with van der Waals surface area (Å²) in [6, 6.07) is 12.8. The maximum absolute atomic E-state index is 14.0. The summed E-state index contributed by atoms with van der Waals surface area (Å²) in [6.45, 7) is 1.57. The molecule has 1 aromatic heterocycles. The maximum Gasteiger partial charge on any atom is 0.252 e. The average molecular weight is 402 g/mol. The van der Waals surface area contributed by atoms with E-state index in [4.69, 9.17) is 4.42 Å². The first kappa shape index (κ1) is 19.8. The van der Waals surface area contributed by atoms with Crippen LogP contribution in [0.25, 0.3) is 22.8 Å². The number of halogens is 1. The van der Waals surface area contributed by atoms with E-state index in [1.807, 2.05) is 0 Å². The minimum absolute atomic E-state index is 0.00933. The zero-order valence-corrected chi connectivity index (χ0v) is 16.0. The quantitative estimate of drug-likeness (QED) is 0.655. The third kappa shape index (κ3) is 4.45. The summed E-state index contributed by atoms with van der Waals surface area (Å²) in [7, 11) is -3.17. The van der Waals surface area contributed by atoms with Crippen LogP contribution in [0.2, 0.25) is 0 Å². The van der Waals surface area contributed by atoms with Crippen molar-refractivity contribution in [3.05, 3.63) is 66.1 Å². The molecule has 0 unspecified atom stereocenters. The first-order chi connectivity index (χ1) is 13.4. The van der Waals surface area contributed by atoms with Crippen LogP contribution in [0.15, 0.2) is 59.1 Å². The summed E-state index contributed by atoms with van der Waals surface area (Å²) < 4.78 is 42.8. The van der Waals surface area contributed by atoms with Gasteiger partial charge >= 0.3 is 0 Å². The first-order valence-electron chi connectivity index (χ1n) is 8.70. The fraction of sp³-hybridized carbons (Fsp3) is 0.200. The molecule has 0 spiro atoms. The number of hydrogen-bond donors (Lipinski definition) is 1. The second kappa shape index (κ2) is 8.35. The Morgan fingerprint density at radius 3 is 2.50 bits per heavy atom. The zero-order valence-electron chi connectivity index (χ0n) is 15.2. The van der Waals surface area contributed by atoms with E-state index in [9.17, 15) is 17.6 Å². The molecule has 2 aromatic carbocycles. The molecule has 0 saturated carbocycles. The Hall–Kier alpha value is -3.00. The molecule has 0 aliphatic rings. The first-order valence-corrected chi connectivity index (χ1v) is 10.5. The maximum atomic E-state index is 14.0. The molecule has 6 nitrogen and oxygen atoms in total. The van der Waals surface area contributed by atoms with Gasteiger partial charge in [0.1, 0.15) is 5.82 Å². The standard InChI is InChI=1S/C20H19FN2O4S/c1-2-28(25,26)12-11-22-19(24)14-7-3-4-8-15(14)20-23-13-18(27-20)16-9-5-6-10-17(16)21/h3-10,13H,2,11-12H2,1H3,(H,22,24). The summed E-state index contributed by atoms with van der Waals surface area (Å²) in [4.78, 5) is 16.7. The molecule has 0 atom stereocenters. The number of oxazole rings is 1. The van der Waals surface area contributed by atoms with Crippen LogP contribution < -0.4 is 5.32 Å². The molecule has 0 radical (unpaired) electrons. The number of sulfone groups is 1. The second-order valence-corrected chi connectivity index (χ2v) is 8.52. The van der Waals surface area contributed by atoms with Gasteiger partial charge in [0.25, 0.3) is 5.91 Å². The van der Waals surface area contributed by atoms with Crippen LogP contribution in [0.1, 0.15) is 17.3 Å². The molecule has 0 saturated heterocycles. The van der Waals surface area contributed by atoms with Gasteiger partial charge in [0.05, 0.1) is 23.1 Å². The fourth-order valence-electron chi connectivity index (χ4n) is 2.61. The van der Waals surface area contributed by atoms with E-state index in [-0.39, 0.29) is 35.3 Å². The van der Waals surface area contributed by atoms with E-state index in [1.165, 1.54) is 12.3 Å². The lowest BCUT2D eigenvalue weighted by molar-refractivity contribution is 0.0956. The molecule has 146 valence electrons. The van der Waals surface area contributed by atoms with Gasteiger partial charge in [0.2, 0.25) is 5.89 Å². The van der Waals surface area contributed by atoms with Crippen molar-refractivity contribution in [3.8, 4) is 22.8 Å². The lowest BCUT2D eigenvalue weighted by Gasteiger charge is -2.08. The summed E-state index contributed by atoms with van der Waals surface area (Å²) in [5.41, 5.74) is 0.993. The highest BCUT2D eigenvalue weighted by Gasteiger charge is 2.18. The molecule has 0 aliphatic heterocycles. The normalized spacial score (nSPS) is 11.4. The molecule has 0 bridgehead atoms. The Balaban J connectivity index is 1.83. The molecule has 1 heterocycles. The van der Waals surface area contributed by atoms with Gasteiger partial charge in [-0.2, -0.15) is 0 Å². The number of amides is 1. The predicted octanol–water partition coefficient (Wildman–Crippen LogP) is 3.31. The summed E-state index contributed by atoms with van der Waals surface area (Å²) >= 11 is 0. The van der Waals surface area contributed by atoms with E-state index in [0.717, 1.165) is 0 Å². The van der Waals surface area contributed by atoms with E-state index < -0.39 is 21.6 Å². The summed E-state index contributed by atoms with van der Waals surface area (Å²) in [6.07, 6.45) is 1.40. The highest BCUT2D eigenvalue weighted by molar-refractivity contribution is 7.91. The highest BCUT2D eigenvalue weighted by atomic mass is 32.2. The number of hydrogen-bond acceptors (Lipinski definition) is 5. The molecule has 1 N–H and O–H groups in total. The Morgan fingerprint density at radius 2 is 1.79 bits per heavy atom. The van der Waals surface area contributed by atoms with Gasteiger partial charge in [0.15, 0.2) is 15.6 Å². The van der Waals surface area contributed by atoms with Crippen LogP contribution in [0.4, 0.5) is 4.39 Å². The number of nitrogens with zero attached hydrogens (tertiary/aromatic N) is 1. The predicted molar refractivity (Wildman–Crippen MR) is 104 cm³/mol. The zero-order chi connectivity index (χ0) is 20.1. The molecule has 3 rings (SSSR count). The largest absolute Gasteiger partial charge is 0.436 e. The van der Waals surface area contributed by atoms with Crippen molar-refractivity contribution in [1.29, 1.82) is 0 Å². The fourth-order valence-corrected chi connectivity index (χ4v) is 3.31. The molecule has 0 fully saturated rings. The Kier molecular flexibility index (Phi) is 5.89. The van der Waals surface area contributed by atoms with Crippen molar-refractivity contribution in [1.82, 2.24) is 10.3 Å². The van der Waals surface area contributed by atoms with Gasteiger partial charge in [-0.05, 0) is 24.3 Å². The SMILES string of the molecule is CCS(=O)(=O)CCNC(=O)c1ccccc1-c1ncc(-c2ccccc2F)o1. The lowest BCUT2D eigenvalue weighted by atomic mass is 10.1. The van der Waals surface area contributed by atoms with Crippen LogP contribution in [0.3, 0.4) is 0 Å². The van der Waals surface area contributed by atoms with Crippen molar-refractivity contribution in [2.75, 3.05) is 18.1 Å². The number of carbonyl (C=O) groups is 1. The molecular weight excluding hydrogens is 383 g/mol. The van der Waals surface area contributed by atoms with Gasteiger partial charge in [-0.1, -0.05) is 31.2 Å². The van der Waals surface area contributed by atoms with Crippen molar-refractivity contribution < 1.29 is 22.0 Å². The summed E-state index contributed by atoms with van der Waals surface area (Å²) in [5.74, 6) is -0.564. The van der Waals surface area contributed by atoms with Crippen LogP contribution >= 0.6 is 0 Å². The van der Waals surface area contributed by atoms with Crippen molar-refractivity contribution in [3.63, 3.8) is 0 Å². The smallest absolute Gasteiger partial charge is 0.252 e. The summed E-state index contributed by atoms with van der Waals surface area (Å²) in [5, 5.41) is 2.60. The lowest BCUT2D eigenvalue weighted by Crippen LogP contribution is -2.29. The van der Waals surface area contributed by atoms with E-state index >= 15 is 0 Å². The molecule has 0 aliphatic carbocycles. The Labute approximate surface area is 162 Å². The van der Waals surface area contributed by atoms with E-state index in [1.54, 1.807) is 49.4 Å². The average Bonchev–Trinajstić information content (AvgIpc) is 3.18. The van der Waals surface area contributed by atoms with Gasteiger partial charge in [0, 0.05) is 17.9 Å². The Morgan fingerprint density at radius 1 is 1.11 bits per heavy atom. The van der Waals surface area contributed by atoms with Crippen molar-refractivity contribution >= 4 is 15.7 Å². The van der Waals surface area contributed by atoms with E-state index in [0.29, 0.717) is 11.1 Å². The molecule has 3 aromatic rings. The second-order valence-electron chi connectivity index (χ2n) is 6.05. The van der Waals surface area contributed by atoms with Crippen molar-refractivity contribution in [2.45, 2.75) is 6.92 Å². The third-order valence-electron chi connectivity index (χ3n) is 4.19. The number of nitrogens with one attached hydrogen (secondary N) is 1. The molecule has 28 heavy (non-hydrogen) atoms. The molecule has 8 heteroatoms. The third-order valence-corrected chi connectivity index (χ3v) is 5.89. The van der Waals surface area contributed by atoms with Crippen molar-refractivity contribution in [2.24, 2.45) is 0 Å². The molecular formula is C20H19FN2O4S. The van der Waals surface area contributed by atoms with Crippen LogP contribution in [-0.2, 0) is 9.84 Å². The van der Waals surface area contributed by atoms with Gasteiger partial charge in [-0.3, -0.25) is 4.79 Å². The van der Waals surface area contributed by atoms with Crippen LogP contribution in [-0.4, -0.2) is 37.4 Å². The topological polar surface area (TPSA) is 89.3 Å². The number of carbonyl (C=O) groups excluding carboxylic acids is 1.